The number of rotatable bonds is 7. The van der Waals surface area contributed by atoms with Crippen molar-refractivity contribution in [3.8, 4) is 11.8 Å². The number of hydrogen-bond donors (Lipinski definition) is 1. The standard InChI is InChI=1S/C20H16N4O2S2/c1-27-20-23-19(28-24-20)22-18(25)16(12-21)11-14-7-9-17(10-8-14)26-13-15-5-3-2-4-6-15/h2-11H,13H2,1H3,(H,22,23,24,25)/b16-11-. The molecule has 0 spiro atoms. The Morgan fingerprint density at radius 3 is 2.64 bits per heavy atom. The first-order valence-corrected chi connectivity index (χ1v) is 10.3. The molecule has 6 nitrogen and oxygen atoms in total. The molecular formula is C20H16N4O2S2. The first-order chi connectivity index (χ1) is 13.7. The molecule has 0 bridgehead atoms. The van der Waals surface area contributed by atoms with Crippen LogP contribution in [0.3, 0.4) is 0 Å². The van der Waals surface area contributed by atoms with Gasteiger partial charge in [-0.05, 0) is 35.6 Å². The summed E-state index contributed by atoms with van der Waals surface area (Å²) in [6, 6.07) is 19.0. The van der Waals surface area contributed by atoms with Gasteiger partial charge in [-0.1, -0.05) is 54.2 Å². The molecule has 3 rings (SSSR count). The monoisotopic (exact) mass is 408 g/mol. The summed E-state index contributed by atoms with van der Waals surface area (Å²) in [5.74, 6) is 0.193. The number of nitrogens with zero attached hydrogens (tertiary/aromatic N) is 3. The third kappa shape index (κ3) is 5.42. The summed E-state index contributed by atoms with van der Waals surface area (Å²) in [6.45, 7) is 0.474. The van der Waals surface area contributed by atoms with E-state index in [-0.39, 0.29) is 5.57 Å². The van der Waals surface area contributed by atoms with Gasteiger partial charge in [0.05, 0.1) is 0 Å². The van der Waals surface area contributed by atoms with Crippen LogP contribution < -0.4 is 10.1 Å². The van der Waals surface area contributed by atoms with Crippen molar-refractivity contribution in [2.45, 2.75) is 11.8 Å². The van der Waals surface area contributed by atoms with Gasteiger partial charge >= 0.3 is 0 Å². The number of ether oxygens (including phenoxy) is 1. The van der Waals surface area contributed by atoms with Gasteiger partial charge in [-0.3, -0.25) is 10.1 Å². The number of thioether (sulfide) groups is 1. The van der Waals surface area contributed by atoms with E-state index >= 15 is 0 Å². The highest BCUT2D eigenvalue weighted by Gasteiger charge is 2.12. The van der Waals surface area contributed by atoms with Crippen molar-refractivity contribution >= 4 is 40.4 Å². The highest BCUT2D eigenvalue weighted by molar-refractivity contribution is 7.98. The largest absolute Gasteiger partial charge is 0.489 e. The lowest BCUT2D eigenvalue weighted by Gasteiger charge is -2.06. The summed E-state index contributed by atoms with van der Waals surface area (Å²) >= 11 is 2.46. The molecule has 1 N–H and O–H groups in total. The van der Waals surface area contributed by atoms with Crippen molar-refractivity contribution in [2.75, 3.05) is 11.6 Å². The maximum atomic E-state index is 12.3. The highest BCUT2D eigenvalue weighted by atomic mass is 32.2. The maximum Gasteiger partial charge on any atom is 0.268 e. The van der Waals surface area contributed by atoms with Gasteiger partial charge in [-0.25, -0.2) is 0 Å². The van der Waals surface area contributed by atoms with Crippen LogP contribution in [-0.4, -0.2) is 21.5 Å². The fourth-order valence-corrected chi connectivity index (χ4v) is 3.35. The molecule has 0 unspecified atom stereocenters. The van der Waals surface area contributed by atoms with Crippen molar-refractivity contribution < 1.29 is 9.53 Å². The van der Waals surface area contributed by atoms with E-state index < -0.39 is 5.91 Å². The number of nitrogens with one attached hydrogen (secondary N) is 1. The molecule has 0 fully saturated rings. The van der Waals surface area contributed by atoms with Crippen molar-refractivity contribution in [2.24, 2.45) is 0 Å². The van der Waals surface area contributed by atoms with Gasteiger partial charge in [0.2, 0.25) is 10.3 Å². The fraction of sp³-hybridized carbons (Fsp3) is 0.100. The predicted octanol–water partition coefficient (Wildman–Crippen LogP) is 4.38. The first kappa shape index (κ1) is 19.6. The van der Waals surface area contributed by atoms with E-state index in [1.165, 1.54) is 17.8 Å². The minimum absolute atomic E-state index is 0.0149. The van der Waals surface area contributed by atoms with E-state index in [0.717, 1.165) is 22.7 Å². The summed E-state index contributed by atoms with van der Waals surface area (Å²) in [5.41, 5.74) is 1.79. The average Bonchev–Trinajstić information content (AvgIpc) is 3.19. The molecule has 0 aliphatic heterocycles. The maximum absolute atomic E-state index is 12.3. The van der Waals surface area contributed by atoms with Crippen molar-refractivity contribution in [1.29, 1.82) is 5.26 Å². The Morgan fingerprint density at radius 2 is 2.00 bits per heavy atom. The minimum atomic E-state index is -0.518. The van der Waals surface area contributed by atoms with Crippen LogP contribution in [0.1, 0.15) is 11.1 Å². The smallest absolute Gasteiger partial charge is 0.268 e. The summed E-state index contributed by atoms with van der Waals surface area (Å²) < 4.78 is 9.81. The zero-order valence-electron chi connectivity index (χ0n) is 15.0. The third-order valence-corrected chi connectivity index (χ3v) is 4.91. The molecule has 0 radical (unpaired) electrons. The highest BCUT2D eigenvalue weighted by Crippen LogP contribution is 2.19. The van der Waals surface area contributed by atoms with Gasteiger partial charge in [0, 0.05) is 11.5 Å². The summed E-state index contributed by atoms with van der Waals surface area (Å²) in [4.78, 5) is 16.4. The van der Waals surface area contributed by atoms with E-state index in [4.69, 9.17) is 4.74 Å². The van der Waals surface area contributed by atoms with Crippen molar-refractivity contribution in [1.82, 2.24) is 9.36 Å². The lowest BCUT2D eigenvalue weighted by molar-refractivity contribution is -0.112. The molecule has 2 aromatic carbocycles. The molecule has 0 aliphatic carbocycles. The summed E-state index contributed by atoms with van der Waals surface area (Å²) in [7, 11) is 0. The van der Waals surface area contributed by atoms with Crippen LogP contribution in [0.4, 0.5) is 5.13 Å². The van der Waals surface area contributed by atoms with Gasteiger partial charge in [0.25, 0.3) is 5.91 Å². The number of nitriles is 1. The van der Waals surface area contributed by atoms with Gasteiger partial charge in [0.1, 0.15) is 24.0 Å². The van der Waals surface area contributed by atoms with Gasteiger partial charge in [-0.15, -0.1) is 0 Å². The topological polar surface area (TPSA) is 87.9 Å². The Morgan fingerprint density at radius 1 is 1.25 bits per heavy atom. The molecule has 0 atom stereocenters. The number of anilines is 1. The normalized spacial score (nSPS) is 10.9. The number of carbonyl (C=O) groups is 1. The SMILES string of the molecule is CSc1nsc(NC(=O)/C(C#N)=C\c2ccc(OCc3ccccc3)cc2)n1. The Labute approximate surface area is 171 Å². The Bertz CT molecular complexity index is 1010. The number of hydrogen-bond acceptors (Lipinski definition) is 7. The summed E-state index contributed by atoms with van der Waals surface area (Å²) in [5, 5.41) is 12.8. The van der Waals surface area contributed by atoms with E-state index in [0.29, 0.717) is 22.6 Å². The van der Waals surface area contributed by atoms with Gasteiger partial charge in [0.15, 0.2) is 0 Å². The molecule has 140 valence electrons. The zero-order chi connectivity index (χ0) is 19.8. The van der Waals surface area contributed by atoms with Crippen LogP contribution in [0.15, 0.2) is 65.3 Å². The molecule has 0 saturated carbocycles. The minimum Gasteiger partial charge on any atom is -0.489 e. The number of amides is 1. The Balaban J connectivity index is 1.63. The second kappa shape index (κ2) is 9.69. The van der Waals surface area contributed by atoms with E-state index in [9.17, 15) is 10.1 Å². The van der Waals surface area contributed by atoms with Gasteiger partial charge < -0.3 is 4.74 Å². The summed E-state index contributed by atoms with van der Waals surface area (Å²) in [6.07, 6.45) is 3.37. The van der Waals surface area contributed by atoms with Crippen molar-refractivity contribution in [3.63, 3.8) is 0 Å². The molecule has 8 heteroatoms. The number of benzene rings is 2. The molecule has 3 aromatic rings. The number of aromatic nitrogens is 2. The third-order valence-electron chi connectivity index (χ3n) is 3.61. The molecular weight excluding hydrogens is 392 g/mol. The predicted molar refractivity (Wildman–Crippen MR) is 111 cm³/mol. The molecule has 0 aliphatic rings. The van der Waals surface area contributed by atoms with Crippen LogP contribution in [0, 0.1) is 11.3 Å². The quantitative estimate of drug-likeness (QED) is 0.354. The molecule has 1 aromatic heterocycles. The second-order valence-corrected chi connectivity index (χ2v) is 7.08. The van der Waals surface area contributed by atoms with Crippen molar-refractivity contribution in [3.05, 3.63) is 71.3 Å². The van der Waals surface area contributed by atoms with Crippen LogP contribution in [0.2, 0.25) is 0 Å². The molecule has 28 heavy (non-hydrogen) atoms. The van der Waals surface area contributed by atoms with Gasteiger partial charge in [-0.2, -0.15) is 14.6 Å². The molecule has 1 heterocycles. The van der Waals surface area contributed by atoms with E-state index in [1.807, 2.05) is 42.7 Å². The van der Waals surface area contributed by atoms with Crippen LogP contribution in [-0.2, 0) is 11.4 Å². The Hall–Kier alpha value is -3.15. The second-order valence-electron chi connectivity index (χ2n) is 5.55. The van der Waals surface area contributed by atoms with Crippen LogP contribution >= 0.6 is 23.3 Å². The van der Waals surface area contributed by atoms with Crippen LogP contribution in [0.5, 0.6) is 5.75 Å². The van der Waals surface area contributed by atoms with Crippen LogP contribution in [0.25, 0.3) is 6.08 Å². The molecule has 0 saturated heterocycles. The lowest BCUT2D eigenvalue weighted by Crippen LogP contribution is -2.13. The first-order valence-electron chi connectivity index (χ1n) is 8.25. The van der Waals surface area contributed by atoms with E-state index in [2.05, 4.69) is 14.7 Å². The fourth-order valence-electron chi connectivity index (χ4n) is 2.22. The molecule has 1 amide bonds. The Kier molecular flexibility index (Phi) is 6.78. The zero-order valence-corrected chi connectivity index (χ0v) is 16.6. The lowest BCUT2D eigenvalue weighted by atomic mass is 10.1. The average molecular weight is 409 g/mol. The van der Waals surface area contributed by atoms with E-state index in [1.54, 1.807) is 24.3 Å². The number of carbonyl (C=O) groups excluding carboxylic acids is 1.